The van der Waals surface area contributed by atoms with E-state index in [2.05, 4.69) is 26.3 Å². The first-order chi connectivity index (χ1) is 28.8. The molecule has 4 heterocycles. The zero-order valence-electron chi connectivity index (χ0n) is 34.5. The van der Waals surface area contributed by atoms with Crippen LogP contribution in [0.5, 0.6) is 5.75 Å². The summed E-state index contributed by atoms with van der Waals surface area (Å²) in [6.07, 6.45) is 8.71. The Balaban J connectivity index is 1.20. The van der Waals surface area contributed by atoms with Gasteiger partial charge in [-0.15, -0.1) is 0 Å². The molecular formula is C45H58N8O7. The van der Waals surface area contributed by atoms with E-state index < -0.39 is 71.3 Å². The minimum Gasteiger partial charge on any atom is -0.508 e. The zero-order chi connectivity index (χ0) is 42.3. The highest BCUT2D eigenvalue weighted by Crippen LogP contribution is 2.41. The number of fused-ring (bicyclic) bond motifs is 5. The molecule has 5 fully saturated rings. The lowest BCUT2D eigenvalue weighted by Gasteiger charge is -2.38. The number of nitrogens with two attached hydrogens (primary N) is 1. The van der Waals surface area contributed by atoms with E-state index in [9.17, 15) is 33.9 Å². The summed E-state index contributed by atoms with van der Waals surface area (Å²) >= 11 is 0. The van der Waals surface area contributed by atoms with Gasteiger partial charge in [0.15, 0.2) is 0 Å². The molecule has 1 spiro atoms. The Morgan fingerprint density at radius 3 is 2.30 bits per heavy atom. The van der Waals surface area contributed by atoms with Gasteiger partial charge in [0.1, 0.15) is 41.5 Å². The van der Waals surface area contributed by atoms with Crippen molar-refractivity contribution in [1.29, 1.82) is 0 Å². The van der Waals surface area contributed by atoms with Crippen LogP contribution in [-0.4, -0.2) is 110 Å². The van der Waals surface area contributed by atoms with Gasteiger partial charge in [0.25, 0.3) is 0 Å². The number of phenols is 1. The number of carbonyl (C=O) groups is 6. The predicted octanol–water partition coefficient (Wildman–Crippen LogP) is 2.36. The third-order valence-corrected chi connectivity index (χ3v) is 13.9. The molecular weight excluding hydrogens is 765 g/mol. The molecule has 8 N–H and O–H groups in total. The van der Waals surface area contributed by atoms with Gasteiger partial charge in [0, 0.05) is 48.6 Å². The number of hydrogen-bond donors (Lipinski definition) is 7. The van der Waals surface area contributed by atoms with Crippen LogP contribution < -0.4 is 27.0 Å². The van der Waals surface area contributed by atoms with Crippen LogP contribution in [0, 0.1) is 12.8 Å². The van der Waals surface area contributed by atoms with Gasteiger partial charge in [-0.3, -0.25) is 28.8 Å². The molecule has 0 bridgehead atoms. The number of aromatic amines is 1. The lowest BCUT2D eigenvalue weighted by molar-refractivity contribution is -0.150. The Morgan fingerprint density at radius 2 is 1.53 bits per heavy atom. The number of carbonyl (C=O) groups excluding carboxylic acids is 6. The molecule has 15 nitrogen and oxygen atoms in total. The van der Waals surface area contributed by atoms with E-state index in [1.165, 1.54) is 11.0 Å². The summed E-state index contributed by atoms with van der Waals surface area (Å²) in [5.41, 5.74) is 8.08. The third kappa shape index (κ3) is 7.95. The van der Waals surface area contributed by atoms with Crippen molar-refractivity contribution in [2.75, 3.05) is 6.54 Å². The maximum absolute atomic E-state index is 14.9. The predicted molar refractivity (Wildman–Crippen MR) is 223 cm³/mol. The lowest BCUT2D eigenvalue weighted by Crippen LogP contribution is -2.66. The van der Waals surface area contributed by atoms with Crippen molar-refractivity contribution in [3.05, 3.63) is 65.4 Å². The van der Waals surface area contributed by atoms with E-state index in [0.29, 0.717) is 56.1 Å². The highest BCUT2D eigenvalue weighted by molar-refractivity contribution is 6.00. The standard InChI is InChI=1S/C45H58N8O7/c1-25-20-30(54)16-15-27(25)21-33-39(55)50-38(26(2)46)43(59)52-19-9-14-36(52)42(58)53-35-13-6-3-10-28(35)23-37(53)41(57)48-34(22-29-24-47-32-12-5-4-11-31(29)32)40(56)51-45(44(60)49-33)17-7-8-18-45/h4-5,11-12,15-16,20,24,26,28,33-38,47,54H,3,6-10,13-14,17-19,21-23,46H2,1-2H3,(H,48,57)(H,49,60)(H,50,55)(H,51,56)/t26?,28-,33-,34-,35-,36+,37-,38-/m0/s1. The van der Waals surface area contributed by atoms with Crippen molar-refractivity contribution in [2.24, 2.45) is 11.7 Å². The van der Waals surface area contributed by atoms with E-state index in [0.717, 1.165) is 42.1 Å². The van der Waals surface area contributed by atoms with Gasteiger partial charge < -0.3 is 46.9 Å². The molecule has 1 aromatic heterocycles. The normalized spacial score (nSPS) is 29.6. The Labute approximate surface area is 349 Å². The number of benzene rings is 2. The van der Waals surface area contributed by atoms with Gasteiger partial charge in [-0.05, 0) is 99.6 Å². The number of nitrogens with zero attached hydrogens (tertiary/aromatic N) is 2. The highest BCUT2D eigenvalue weighted by atomic mass is 16.3. The minimum absolute atomic E-state index is 0.0105. The molecule has 6 amide bonds. The Bertz CT molecular complexity index is 2160. The van der Waals surface area contributed by atoms with Crippen molar-refractivity contribution in [3.8, 4) is 5.75 Å². The van der Waals surface area contributed by atoms with Crippen molar-refractivity contribution in [3.63, 3.8) is 0 Å². The quantitative estimate of drug-likeness (QED) is 0.202. The molecule has 2 saturated carbocycles. The van der Waals surface area contributed by atoms with Crippen LogP contribution in [0.4, 0.5) is 0 Å². The van der Waals surface area contributed by atoms with E-state index >= 15 is 0 Å². The summed E-state index contributed by atoms with van der Waals surface area (Å²) in [4.78, 5) is 94.7. The van der Waals surface area contributed by atoms with Crippen molar-refractivity contribution >= 4 is 46.3 Å². The fourth-order valence-electron chi connectivity index (χ4n) is 10.7. The van der Waals surface area contributed by atoms with Crippen molar-refractivity contribution in [1.82, 2.24) is 36.1 Å². The summed E-state index contributed by atoms with van der Waals surface area (Å²) < 4.78 is 0. The van der Waals surface area contributed by atoms with Gasteiger partial charge in [-0.2, -0.15) is 0 Å². The van der Waals surface area contributed by atoms with Crippen LogP contribution in [0.3, 0.4) is 0 Å². The largest absolute Gasteiger partial charge is 0.508 e. The Morgan fingerprint density at radius 1 is 0.800 bits per heavy atom. The van der Waals surface area contributed by atoms with Crippen LogP contribution in [0.1, 0.15) is 94.2 Å². The topological polar surface area (TPSA) is 219 Å². The molecule has 3 aliphatic heterocycles. The summed E-state index contributed by atoms with van der Waals surface area (Å²) in [7, 11) is 0. The monoisotopic (exact) mass is 822 g/mol. The first-order valence-corrected chi connectivity index (χ1v) is 21.8. The van der Waals surface area contributed by atoms with Gasteiger partial charge in [-0.25, -0.2) is 0 Å². The number of rotatable bonds is 5. The number of nitrogens with one attached hydrogen (secondary N) is 5. The molecule has 5 aliphatic rings. The Kier molecular flexibility index (Phi) is 11.6. The number of phenolic OH excluding ortho intramolecular Hbond substituents is 1. The summed E-state index contributed by atoms with van der Waals surface area (Å²) in [5.74, 6) is -2.85. The summed E-state index contributed by atoms with van der Waals surface area (Å²) in [6, 6.07) is 6.10. The second-order valence-corrected chi connectivity index (χ2v) is 17.9. The van der Waals surface area contributed by atoms with Crippen molar-refractivity contribution in [2.45, 2.75) is 145 Å². The van der Waals surface area contributed by atoms with Gasteiger partial charge >= 0.3 is 0 Å². The number of para-hydroxylation sites is 1. The smallest absolute Gasteiger partial charge is 0.247 e. The number of aryl methyl sites for hydroxylation is 1. The minimum atomic E-state index is -1.41. The fraction of sp³-hybridized carbons (Fsp3) is 0.556. The summed E-state index contributed by atoms with van der Waals surface area (Å²) in [6.45, 7) is 3.67. The molecule has 15 heteroatoms. The molecule has 8 rings (SSSR count). The SMILES string of the molecule is Cc1cc(O)ccc1C[C@@H]1NC(=O)C2(CCCC2)NC(=O)[C@H](Cc2c[nH]c3ccccc23)NC(=O)[C@@H]2C[C@@H]3CCCC[C@@H]3N2C(=O)[C@H]2CCCN2C(=O)[C@H](C(C)N)NC1=O. The average Bonchev–Trinajstić information content (AvgIpc) is 4.06. The van der Waals surface area contributed by atoms with Gasteiger partial charge in [0.05, 0.1) is 0 Å². The molecule has 3 aromatic rings. The molecule has 1 unspecified atom stereocenters. The average molecular weight is 823 g/mol. The van der Waals surface area contributed by atoms with Crippen LogP contribution in [0.25, 0.3) is 10.9 Å². The fourth-order valence-corrected chi connectivity index (χ4v) is 10.7. The molecule has 60 heavy (non-hydrogen) atoms. The van der Waals surface area contributed by atoms with E-state index in [-0.39, 0.29) is 43.0 Å². The molecule has 320 valence electrons. The first kappa shape index (κ1) is 41.3. The van der Waals surface area contributed by atoms with Gasteiger partial charge in [0.2, 0.25) is 35.4 Å². The van der Waals surface area contributed by atoms with Crippen LogP contribution in [0.2, 0.25) is 0 Å². The van der Waals surface area contributed by atoms with Crippen LogP contribution in [0.15, 0.2) is 48.7 Å². The second-order valence-electron chi connectivity index (χ2n) is 17.9. The highest BCUT2D eigenvalue weighted by Gasteiger charge is 2.52. The first-order valence-electron chi connectivity index (χ1n) is 21.8. The maximum atomic E-state index is 14.9. The number of aromatic hydroxyl groups is 1. The van der Waals surface area contributed by atoms with Crippen molar-refractivity contribution < 1.29 is 33.9 Å². The number of aromatic nitrogens is 1. The lowest BCUT2D eigenvalue weighted by atomic mass is 9.84. The van der Waals surface area contributed by atoms with E-state index in [4.69, 9.17) is 5.73 Å². The molecule has 2 aromatic carbocycles. The van der Waals surface area contributed by atoms with Crippen LogP contribution in [-0.2, 0) is 41.6 Å². The second kappa shape index (κ2) is 16.9. The number of amides is 6. The molecule has 0 radical (unpaired) electrons. The molecule has 2 aliphatic carbocycles. The molecule has 3 saturated heterocycles. The Hall–Kier alpha value is -5.44. The molecule has 8 atom stereocenters. The van der Waals surface area contributed by atoms with Gasteiger partial charge in [-0.1, -0.05) is 49.9 Å². The zero-order valence-corrected chi connectivity index (χ0v) is 34.5. The van der Waals surface area contributed by atoms with E-state index in [1.807, 2.05) is 30.5 Å². The van der Waals surface area contributed by atoms with E-state index in [1.54, 1.807) is 30.9 Å². The third-order valence-electron chi connectivity index (χ3n) is 13.9. The summed E-state index contributed by atoms with van der Waals surface area (Å²) in [5, 5.41) is 23.0. The number of H-pyrrole nitrogens is 1. The number of hydrogen-bond acceptors (Lipinski definition) is 8. The van der Waals surface area contributed by atoms with Crippen LogP contribution >= 0.6 is 0 Å². The maximum Gasteiger partial charge on any atom is 0.247 e.